The summed E-state index contributed by atoms with van der Waals surface area (Å²) in [5.41, 5.74) is 1.75. The molecule has 19 heavy (non-hydrogen) atoms. The number of benzene rings is 1. The first-order valence-corrected chi connectivity index (χ1v) is 5.94. The van der Waals surface area contributed by atoms with E-state index in [1.165, 1.54) is 0 Å². The molecule has 0 saturated carbocycles. The van der Waals surface area contributed by atoms with Crippen molar-refractivity contribution in [1.29, 1.82) is 5.26 Å². The van der Waals surface area contributed by atoms with Crippen LogP contribution in [0.4, 0.5) is 11.8 Å². The average molecular weight is 253 g/mol. The van der Waals surface area contributed by atoms with E-state index in [2.05, 4.69) is 21.4 Å². The number of aromatic nitrogens is 2. The van der Waals surface area contributed by atoms with Gasteiger partial charge in [-0.1, -0.05) is 12.1 Å². The fraction of sp³-hybridized carbons (Fsp3) is 0.214. The lowest BCUT2D eigenvalue weighted by atomic mass is 10.1. The number of hydrogen-bond donors (Lipinski definition) is 1. The lowest BCUT2D eigenvalue weighted by molar-refractivity contribution is 0.892. The second-order valence-corrected chi connectivity index (χ2v) is 4.16. The van der Waals surface area contributed by atoms with Gasteiger partial charge in [0, 0.05) is 26.8 Å². The highest BCUT2D eigenvalue weighted by molar-refractivity contribution is 5.43. The van der Waals surface area contributed by atoms with Gasteiger partial charge in [0.15, 0.2) is 0 Å². The first kappa shape index (κ1) is 12.8. The molecule has 0 bridgehead atoms. The molecule has 96 valence electrons. The second kappa shape index (κ2) is 5.83. The Morgan fingerprint density at radius 2 is 2.21 bits per heavy atom. The van der Waals surface area contributed by atoms with Crippen LogP contribution in [-0.4, -0.2) is 24.1 Å². The van der Waals surface area contributed by atoms with Gasteiger partial charge in [0.25, 0.3) is 0 Å². The molecule has 0 aliphatic carbocycles. The number of anilines is 2. The molecule has 2 aromatic rings. The van der Waals surface area contributed by atoms with E-state index >= 15 is 0 Å². The van der Waals surface area contributed by atoms with E-state index in [0.717, 1.165) is 11.4 Å². The van der Waals surface area contributed by atoms with E-state index in [0.29, 0.717) is 18.1 Å². The third-order valence-electron chi connectivity index (χ3n) is 2.73. The van der Waals surface area contributed by atoms with Crippen molar-refractivity contribution in [3.8, 4) is 6.07 Å². The van der Waals surface area contributed by atoms with E-state index < -0.39 is 0 Å². The third kappa shape index (κ3) is 3.19. The maximum absolute atomic E-state index is 8.89. The molecular weight excluding hydrogens is 238 g/mol. The number of nitrogens with one attached hydrogen (secondary N) is 1. The van der Waals surface area contributed by atoms with Crippen molar-refractivity contribution in [3.05, 3.63) is 47.7 Å². The van der Waals surface area contributed by atoms with Crippen LogP contribution in [0.3, 0.4) is 0 Å². The van der Waals surface area contributed by atoms with Crippen LogP contribution >= 0.6 is 0 Å². The zero-order valence-corrected chi connectivity index (χ0v) is 11.0. The topological polar surface area (TPSA) is 64.8 Å². The summed E-state index contributed by atoms with van der Waals surface area (Å²) in [6.45, 7) is 0.690. The third-order valence-corrected chi connectivity index (χ3v) is 2.73. The SMILES string of the molecule is CNc1nccc(N(C)Cc2cccc(C#N)c2)n1. The molecule has 2 rings (SSSR count). The van der Waals surface area contributed by atoms with Crippen molar-refractivity contribution >= 4 is 11.8 Å². The minimum absolute atomic E-state index is 0.593. The summed E-state index contributed by atoms with van der Waals surface area (Å²) in [5.74, 6) is 1.43. The maximum atomic E-state index is 8.89. The van der Waals surface area contributed by atoms with Crippen molar-refractivity contribution in [1.82, 2.24) is 9.97 Å². The molecule has 0 fully saturated rings. The molecule has 0 aliphatic rings. The standard InChI is InChI=1S/C14H15N5/c1-16-14-17-7-6-13(18-14)19(2)10-12-5-3-4-11(8-12)9-15/h3-8H,10H2,1-2H3,(H,16,17,18). The van der Waals surface area contributed by atoms with Crippen molar-refractivity contribution in [2.24, 2.45) is 0 Å². The highest BCUT2D eigenvalue weighted by atomic mass is 15.2. The van der Waals surface area contributed by atoms with Gasteiger partial charge in [-0.2, -0.15) is 10.2 Å². The molecule has 1 N–H and O–H groups in total. The zero-order chi connectivity index (χ0) is 13.7. The summed E-state index contributed by atoms with van der Waals surface area (Å²) < 4.78 is 0. The minimum Gasteiger partial charge on any atom is -0.357 e. The second-order valence-electron chi connectivity index (χ2n) is 4.16. The highest BCUT2D eigenvalue weighted by Crippen LogP contribution is 2.14. The first-order chi connectivity index (χ1) is 9.22. The monoisotopic (exact) mass is 253 g/mol. The van der Waals surface area contributed by atoms with Gasteiger partial charge in [0.2, 0.25) is 5.95 Å². The summed E-state index contributed by atoms with van der Waals surface area (Å²) >= 11 is 0. The molecule has 1 aromatic heterocycles. The summed E-state index contributed by atoms with van der Waals surface area (Å²) in [5, 5.41) is 11.8. The predicted molar refractivity (Wildman–Crippen MR) is 74.8 cm³/mol. The van der Waals surface area contributed by atoms with E-state index in [-0.39, 0.29) is 0 Å². The molecule has 5 nitrogen and oxygen atoms in total. The van der Waals surface area contributed by atoms with Gasteiger partial charge in [-0.3, -0.25) is 0 Å². The molecule has 0 unspecified atom stereocenters. The van der Waals surface area contributed by atoms with Crippen LogP contribution in [0.5, 0.6) is 0 Å². The van der Waals surface area contributed by atoms with Gasteiger partial charge in [-0.05, 0) is 23.8 Å². The van der Waals surface area contributed by atoms with E-state index in [4.69, 9.17) is 5.26 Å². The summed E-state index contributed by atoms with van der Waals surface area (Å²) in [6, 6.07) is 11.6. The van der Waals surface area contributed by atoms with Gasteiger partial charge >= 0.3 is 0 Å². The molecule has 0 radical (unpaired) electrons. The van der Waals surface area contributed by atoms with Crippen molar-refractivity contribution in [2.75, 3.05) is 24.3 Å². The van der Waals surface area contributed by atoms with Crippen LogP contribution in [0.2, 0.25) is 0 Å². The Hall–Kier alpha value is -2.61. The Morgan fingerprint density at radius 3 is 2.95 bits per heavy atom. The summed E-state index contributed by atoms with van der Waals surface area (Å²) in [7, 11) is 3.75. The average Bonchev–Trinajstić information content (AvgIpc) is 2.47. The van der Waals surface area contributed by atoms with Crippen molar-refractivity contribution < 1.29 is 0 Å². The van der Waals surface area contributed by atoms with E-state index in [1.54, 1.807) is 19.3 Å². The van der Waals surface area contributed by atoms with Crippen LogP contribution in [0.25, 0.3) is 0 Å². The molecule has 0 spiro atoms. The van der Waals surface area contributed by atoms with Crippen LogP contribution in [0, 0.1) is 11.3 Å². The predicted octanol–water partition coefficient (Wildman–Crippen LogP) is 2.03. The molecule has 0 saturated heterocycles. The first-order valence-electron chi connectivity index (χ1n) is 5.94. The molecular formula is C14H15N5. The normalized spacial score (nSPS) is 9.74. The van der Waals surface area contributed by atoms with Crippen LogP contribution in [0.15, 0.2) is 36.5 Å². The molecule has 5 heteroatoms. The van der Waals surface area contributed by atoms with Crippen LogP contribution < -0.4 is 10.2 Å². The maximum Gasteiger partial charge on any atom is 0.224 e. The molecule has 0 atom stereocenters. The smallest absolute Gasteiger partial charge is 0.224 e. The van der Waals surface area contributed by atoms with Gasteiger partial charge in [0.1, 0.15) is 5.82 Å². The Kier molecular flexibility index (Phi) is 3.94. The summed E-state index contributed by atoms with van der Waals surface area (Å²) in [4.78, 5) is 10.5. The van der Waals surface area contributed by atoms with Crippen molar-refractivity contribution in [3.63, 3.8) is 0 Å². The fourth-order valence-electron chi connectivity index (χ4n) is 1.78. The Labute approximate surface area is 112 Å². The highest BCUT2D eigenvalue weighted by Gasteiger charge is 2.05. The number of nitriles is 1. The van der Waals surface area contributed by atoms with Gasteiger partial charge in [0.05, 0.1) is 11.6 Å². The van der Waals surface area contributed by atoms with Gasteiger partial charge < -0.3 is 10.2 Å². The van der Waals surface area contributed by atoms with Gasteiger partial charge in [-0.15, -0.1) is 0 Å². The lowest BCUT2D eigenvalue weighted by Crippen LogP contribution is -2.18. The number of rotatable bonds is 4. The molecule has 0 amide bonds. The Bertz CT molecular complexity index is 603. The largest absolute Gasteiger partial charge is 0.357 e. The van der Waals surface area contributed by atoms with Crippen LogP contribution in [0.1, 0.15) is 11.1 Å². The Balaban J connectivity index is 2.15. The minimum atomic E-state index is 0.593. The number of hydrogen-bond acceptors (Lipinski definition) is 5. The van der Waals surface area contributed by atoms with Crippen molar-refractivity contribution in [2.45, 2.75) is 6.54 Å². The fourth-order valence-corrected chi connectivity index (χ4v) is 1.78. The molecule has 1 heterocycles. The zero-order valence-electron chi connectivity index (χ0n) is 11.0. The lowest BCUT2D eigenvalue weighted by Gasteiger charge is -2.18. The van der Waals surface area contributed by atoms with E-state index in [9.17, 15) is 0 Å². The summed E-state index contributed by atoms with van der Waals surface area (Å²) in [6.07, 6.45) is 1.72. The Morgan fingerprint density at radius 1 is 1.37 bits per heavy atom. The number of nitrogens with zero attached hydrogens (tertiary/aromatic N) is 4. The quantitative estimate of drug-likeness (QED) is 0.903. The van der Waals surface area contributed by atoms with Gasteiger partial charge in [-0.25, -0.2) is 4.98 Å². The molecule has 1 aromatic carbocycles. The van der Waals surface area contributed by atoms with Crippen LogP contribution in [-0.2, 0) is 6.54 Å². The molecule has 0 aliphatic heterocycles. The van der Waals surface area contributed by atoms with E-state index in [1.807, 2.05) is 36.2 Å².